The molecule has 3 heterocycles. The zero-order valence-corrected chi connectivity index (χ0v) is 16.1. The van der Waals surface area contributed by atoms with Crippen LogP contribution in [0.25, 0.3) is 0 Å². The SMILES string of the molecule is O=C1CN(CCCN(Cc2ccccc2)C[C@H]2COc3cccnc3O2)C(=O)N1. The van der Waals surface area contributed by atoms with E-state index in [0.29, 0.717) is 31.3 Å². The second-order valence-corrected chi connectivity index (χ2v) is 7.21. The molecule has 152 valence electrons. The van der Waals surface area contributed by atoms with Gasteiger partial charge in [0, 0.05) is 32.4 Å². The van der Waals surface area contributed by atoms with E-state index >= 15 is 0 Å². The molecule has 0 aliphatic carbocycles. The van der Waals surface area contributed by atoms with Crippen molar-refractivity contribution in [2.45, 2.75) is 19.1 Å². The zero-order valence-electron chi connectivity index (χ0n) is 16.1. The summed E-state index contributed by atoms with van der Waals surface area (Å²) in [5.74, 6) is 0.953. The molecular weight excluding hydrogens is 372 g/mol. The fraction of sp³-hybridized carbons (Fsp3) is 0.381. The lowest BCUT2D eigenvalue weighted by Gasteiger charge is -2.31. The minimum Gasteiger partial charge on any atom is -0.484 e. The van der Waals surface area contributed by atoms with Crippen LogP contribution in [0.5, 0.6) is 11.6 Å². The van der Waals surface area contributed by atoms with Crippen LogP contribution in [0, 0.1) is 0 Å². The number of nitrogens with zero attached hydrogens (tertiary/aromatic N) is 3. The minimum atomic E-state index is -0.309. The number of benzene rings is 1. The van der Waals surface area contributed by atoms with Crippen molar-refractivity contribution < 1.29 is 19.1 Å². The predicted molar refractivity (Wildman–Crippen MR) is 106 cm³/mol. The van der Waals surface area contributed by atoms with Gasteiger partial charge in [-0.1, -0.05) is 30.3 Å². The van der Waals surface area contributed by atoms with Crippen molar-refractivity contribution in [1.82, 2.24) is 20.1 Å². The van der Waals surface area contributed by atoms with Crippen LogP contribution in [-0.2, 0) is 11.3 Å². The lowest BCUT2D eigenvalue weighted by atomic mass is 10.2. The van der Waals surface area contributed by atoms with Crippen LogP contribution in [0.15, 0.2) is 48.7 Å². The number of imide groups is 1. The molecule has 0 spiro atoms. The van der Waals surface area contributed by atoms with Crippen molar-refractivity contribution in [2.24, 2.45) is 0 Å². The van der Waals surface area contributed by atoms with Gasteiger partial charge < -0.3 is 14.4 Å². The van der Waals surface area contributed by atoms with Gasteiger partial charge in [-0.15, -0.1) is 0 Å². The van der Waals surface area contributed by atoms with Gasteiger partial charge in [-0.25, -0.2) is 9.78 Å². The molecule has 2 aliphatic rings. The van der Waals surface area contributed by atoms with Gasteiger partial charge in [-0.3, -0.25) is 15.0 Å². The Labute approximate surface area is 169 Å². The Bertz CT molecular complexity index is 861. The highest BCUT2D eigenvalue weighted by Crippen LogP contribution is 2.28. The molecule has 0 bridgehead atoms. The third-order valence-corrected chi connectivity index (χ3v) is 4.92. The van der Waals surface area contributed by atoms with Gasteiger partial charge in [0.05, 0.1) is 0 Å². The van der Waals surface area contributed by atoms with Gasteiger partial charge >= 0.3 is 6.03 Å². The van der Waals surface area contributed by atoms with Crippen LogP contribution in [0.3, 0.4) is 0 Å². The number of ether oxygens (including phenoxy) is 2. The van der Waals surface area contributed by atoms with Gasteiger partial charge in [-0.05, 0) is 24.1 Å². The third-order valence-electron chi connectivity index (χ3n) is 4.92. The van der Waals surface area contributed by atoms with Gasteiger partial charge in [0.25, 0.3) is 5.88 Å². The zero-order chi connectivity index (χ0) is 20.1. The molecule has 0 radical (unpaired) electrons. The second kappa shape index (κ2) is 8.91. The summed E-state index contributed by atoms with van der Waals surface area (Å²) in [5.41, 5.74) is 1.21. The number of fused-ring (bicyclic) bond motifs is 1. The summed E-state index contributed by atoms with van der Waals surface area (Å²) in [7, 11) is 0. The fourth-order valence-electron chi connectivity index (χ4n) is 3.55. The number of pyridine rings is 1. The predicted octanol–water partition coefficient (Wildman–Crippen LogP) is 1.67. The average Bonchev–Trinajstić information content (AvgIpc) is 3.05. The maximum atomic E-state index is 11.7. The van der Waals surface area contributed by atoms with Gasteiger partial charge in [0.15, 0.2) is 5.75 Å². The van der Waals surface area contributed by atoms with E-state index in [4.69, 9.17) is 9.47 Å². The first-order chi connectivity index (χ1) is 14.2. The monoisotopic (exact) mass is 396 g/mol. The van der Waals surface area contributed by atoms with E-state index in [-0.39, 0.29) is 24.6 Å². The largest absolute Gasteiger partial charge is 0.484 e. The highest BCUT2D eigenvalue weighted by Gasteiger charge is 2.27. The molecule has 1 atom stereocenters. The highest BCUT2D eigenvalue weighted by atomic mass is 16.6. The molecule has 8 heteroatoms. The summed E-state index contributed by atoms with van der Waals surface area (Å²) in [6, 6.07) is 13.6. The van der Waals surface area contributed by atoms with Crippen LogP contribution >= 0.6 is 0 Å². The Morgan fingerprint density at radius 1 is 1.17 bits per heavy atom. The van der Waals surface area contributed by atoms with E-state index in [1.807, 2.05) is 30.3 Å². The quantitative estimate of drug-likeness (QED) is 0.684. The van der Waals surface area contributed by atoms with E-state index in [2.05, 4.69) is 27.3 Å². The summed E-state index contributed by atoms with van der Waals surface area (Å²) in [4.78, 5) is 31.1. The van der Waals surface area contributed by atoms with Crippen molar-refractivity contribution in [3.05, 3.63) is 54.2 Å². The van der Waals surface area contributed by atoms with Crippen LogP contribution < -0.4 is 14.8 Å². The van der Waals surface area contributed by atoms with E-state index in [1.54, 1.807) is 11.1 Å². The van der Waals surface area contributed by atoms with E-state index in [9.17, 15) is 9.59 Å². The molecule has 1 aromatic heterocycles. The molecular formula is C21H24N4O4. The lowest BCUT2D eigenvalue weighted by Crippen LogP contribution is -2.42. The smallest absolute Gasteiger partial charge is 0.324 e. The lowest BCUT2D eigenvalue weighted by molar-refractivity contribution is -0.118. The van der Waals surface area contributed by atoms with Gasteiger partial charge in [0.1, 0.15) is 19.3 Å². The summed E-state index contributed by atoms with van der Waals surface area (Å²) in [5, 5.41) is 2.31. The molecule has 1 saturated heterocycles. The molecule has 1 N–H and O–H groups in total. The molecule has 0 saturated carbocycles. The van der Waals surface area contributed by atoms with Crippen molar-refractivity contribution in [2.75, 3.05) is 32.8 Å². The standard InChI is InChI=1S/C21H24N4O4/c26-19-14-25(21(27)23-19)11-5-10-24(12-16-6-2-1-3-7-16)13-17-15-28-18-8-4-9-22-20(18)29-17/h1-4,6-9,17H,5,10-15H2,(H,23,26,27)/t17-/m0/s1. The number of nitrogens with one attached hydrogen (secondary N) is 1. The van der Waals surface area contributed by atoms with Gasteiger partial charge in [-0.2, -0.15) is 0 Å². The molecule has 3 amide bonds. The molecule has 2 aliphatic heterocycles. The number of amides is 3. The first-order valence-corrected chi connectivity index (χ1v) is 9.77. The van der Waals surface area contributed by atoms with Crippen LogP contribution in [-0.4, -0.2) is 65.6 Å². The molecule has 2 aromatic rings. The van der Waals surface area contributed by atoms with Crippen LogP contribution in [0.1, 0.15) is 12.0 Å². The normalized spacial score (nSPS) is 18.2. The summed E-state index contributed by atoms with van der Waals surface area (Å²) in [6.07, 6.45) is 2.32. The van der Waals surface area contributed by atoms with E-state index < -0.39 is 0 Å². The minimum absolute atomic E-state index is 0.127. The number of urea groups is 1. The Kier molecular flexibility index (Phi) is 5.90. The summed E-state index contributed by atoms with van der Waals surface area (Å²) < 4.78 is 11.8. The van der Waals surface area contributed by atoms with E-state index in [0.717, 1.165) is 19.5 Å². The number of carbonyl (C=O) groups excluding carboxylic acids is 2. The van der Waals surface area contributed by atoms with Crippen molar-refractivity contribution in [1.29, 1.82) is 0 Å². The highest BCUT2D eigenvalue weighted by molar-refractivity contribution is 6.01. The summed E-state index contributed by atoms with van der Waals surface area (Å²) >= 11 is 0. The molecule has 29 heavy (non-hydrogen) atoms. The number of hydrogen-bond acceptors (Lipinski definition) is 6. The Balaban J connectivity index is 1.36. The van der Waals surface area contributed by atoms with Crippen LogP contribution in [0.4, 0.5) is 4.79 Å². The Morgan fingerprint density at radius 3 is 2.83 bits per heavy atom. The Hall–Kier alpha value is -3.13. The Morgan fingerprint density at radius 2 is 2.03 bits per heavy atom. The van der Waals surface area contributed by atoms with Crippen molar-refractivity contribution >= 4 is 11.9 Å². The number of hydrogen-bond donors (Lipinski definition) is 1. The third kappa shape index (κ3) is 5.03. The van der Waals surface area contributed by atoms with E-state index in [1.165, 1.54) is 5.56 Å². The second-order valence-electron chi connectivity index (χ2n) is 7.21. The molecule has 1 fully saturated rings. The first kappa shape index (κ1) is 19.2. The summed E-state index contributed by atoms with van der Waals surface area (Å²) in [6.45, 7) is 3.35. The maximum absolute atomic E-state index is 11.7. The van der Waals surface area contributed by atoms with Crippen molar-refractivity contribution in [3.8, 4) is 11.6 Å². The van der Waals surface area contributed by atoms with Gasteiger partial charge in [0.2, 0.25) is 5.91 Å². The number of rotatable bonds is 8. The molecule has 1 aromatic carbocycles. The molecule has 8 nitrogen and oxygen atoms in total. The first-order valence-electron chi connectivity index (χ1n) is 9.77. The van der Waals surface area contributed by atoms with Crippen molar-refractivity contribution in [3.63, 3.8) is 0 Å². The van der Waals surface area contributed by atoms with Crippen LogP contribution in [0.2, 0.25) is 0 Å². The average molecular weight is 396 g/mol. The maximum Gasteiger partial charge on any atom is 0.324 e. The number of aromatic nitrogens is 1. The fourth-order valence-corrected chi connectivity index (χ4v) is 3.55. The molecule has 0 unspecified atom stereocenters. The topological polar surface area (TPSA) is 84.0 Å². The number of carbonyl (C=O) groups is 2. The molecule has 4 rings (SSSR count).